The molecule has 3 aromatic rings. The highest BCUT2D eigenvalue weighted by Gasteiger charge is 2.34. The van der Waals surface area contributed by atoms with Gasteiger partial charge in [0, 0.05) is 17.5 Å². The second kappa shape index (κ2) is 15.1. The average Bonchev–Trinajstić information content (AvgIpc) is 3.00. The minimum atomic E-state index is -4.12. The Bertz CT molecular complexity index is 1430. The van der Waals surface area contributed by atoms with E-state index in [2.05, 4.69) is 5.32 Å². The summed E-state index contributed by atoms with van der Waals surface area (Å²) >= 11 is 1.51. The van der Waals surface area contributed by atoms with E-state index in [0.29, 0.717) is 17.9 Å². The Morgan fingerprint density at radius 3 is 2.07 bits per heavy atom. The van der Waals surface area contributed by atoms with E-state index in [1.807, 2.05) is 58.2 Å². The van der Waals surface area contributed by atoms with E-state index in [9.17, 15) is 18.0 Å². The molecule has 10 heteroatoms. The maximum atomic E-state index is 14.2. The van der Waals surface area contributed by atoms with Gasteiger partial charge in [-0.3, -0.25) is 13.9 Å². The fourth-order valence-electron chi connectivity index (χ4n) is 4.40. The van der Waals surface area contributed by atoms with Crippen LogP contribution in [0, 0.1) is 6.92 Å². The van der Waals surface area contributed by atoms with Gasteiger partial charge in [0.05, 0.1) is 17.7 Å². The molecule has 0 aliphatic heterocycles. The lowest BCUT2D eigenvalue weighted by Gasteiger charge is -2.33. The molecule has 0 fully saturated rings. The molecule has 0 saturated carbocycles. The Hall–Kier alpha value is -3.50. The standard InChI is InChI=1S/C32H41N3O5S2/c1-7-24(4)33-32(37)30(8-2)34(21-25-11-15-27(40-5)16-12-25)31(36)22-35(26-13-9-23(3)10-14-26)42(38,39)29-19-17-28(41-6)18-20-29/h9-20,24,30H,7-8,21-22H2,1-6H3,(H,33,37). The van der Waals surface area contributed by atoms with Crippen LogP contribution in [0.3, 0.4) is 0 Å². The number of ether oxygens (including phenoxy) is 1. The normalized spacial score (nSPS) is 12.7. The maximum absolute atomic E-state index is 14.2. The molecule has 0 radical (unpaired) electrons. The molecule has 2 unspecified atom stereocenters. The molecular weight excluding hydrogens is 571 g/mol. The predicted octanol–water partition coefficient (Wildman–Crippen LogP) is 5.64. The van der Waals surface area contributed by atoms with Gasteiger partial charge in [-0.15, -0.1) is 11.8 Å². The Balaban J connectivity index is 2.05. The number of aryl methyl sites for hydroxylation is 1. The summed E-state index contributed by atoms with van der Waals surface area (Å²) in [6.07, 6.45) is 3.01. The summed E-state index contributed by atoms with van der Waals surface area (Å²) in [7, 11) is -2.54. The smallest absolute Gasteiger partial charge is 0.264 e. The van der Waals surface area contributed by atoms with Crippen LogP contribution < -0.4 is 14.4 Å². The molecule has 0 aliphatic carbocycles. The van der Waals surface area contributed by atoms with E-state index in [1.54, 1.807) is 55.6 Å². The third-order valence-corrected chi connectivity index (χ3v) is 9.68. The number of hydrogen-bond donors (Lipinski definition) is 1. The van der Waals surface area contributed by atoms with Crippen molar-refractivity contribution in [1.29, 1.82) is 0 Å². The number of benzene rings is 3. The lowest BCUT2D eigenvalue weighted by atomic mass is 10.1. The van der Waals surface area contributed by atoms with Crippen LogP contribution in [-0.2, 0) is 26.2 Å². The van der Waals surface area contributed by atoms with Gasteiger partial charge in [0.15, 0.2) is 0 Å². The van der Waals surface area contributed by atoms with Gasteiger partial charge in [-0.25, -0.2) is 8.42 Å². The van der Waals surface area contributed by atoms with Crippen molar-refractivity contribution < 1.29 is 22.7 Å². The molecule has 8 nitrogen and oxygen atoms in total. The summed E-state index contributed by atoms with van der Waals surface area (Å²) in [4.78, 5) is 30.1. The van der Waals surface area contributed by atoms with Crippen LogP contribution >= 0.6 is 11.8 Å². The molecule has 2 amide bonds. The Morgan fingerprint density at radius 2 is 1.55 bits per heavy atom. The Morgan fingerprint density at radius 1 is 0.929 bits per heavy atom. The van der Waals surface area contributed by atoms with Crippen molar-refractivity contribution >= 4 is 39.3 Å². The minimum absolute atomic E-state index is 0.0711. The second-order valence-electron chi connectivity index (χ2n) is 10.1. The average molecular weight is 612 g/mol. The lowest BCUT2D eigenvalue weighted by molar-refractivity contribution is -0.140. The highest BCUT2D eigenvalue weighted by Crippen LogP contribution is 2.27. The number of hydrogen-bond acceptors (Lipinski definition) is 6. The van der Waals surface area contributed by atoms with Gasteiger partial charge in [-0.05, 0) is 87.0 Å². The van der Waals surface area contributed by atoms with Crippen molar-refractivity contribution in [3.63, 3.8) is 0 Å². The number of sulfonamides is 1. The molecule has 1 N–H and O–H groups in total. The van der Waals surface area contributed by atoms with Gasteiger partial charge in [0.25, 0.3) is 10.0 Å². The van der Waals surface area contributed by atoms with Crippen molar-refractivity contribution in [2.75, 3.05) is 24.2 Å². The zero-order valence-corrected chi connectivity index (χ0v) is 26.8. The second-order valence-corrected chi connectivity index (χ2v) is 12.9. The third kappa shape index (κ3) is 8.29. The van der Waals surface area contributed by atoms with Gasteiger partial charge in [-0.2, -0.15) is 0 Å². The van der Waals surface area contributed by atoms with E-state index in [4.69, 9.17) is 4.74 Å². The molecule has 3 aromatic carbocycles. The van der Waals surface area contributed by atoms with Crippen LogP contribution in [0.25, 0.3) is 0 Å². The van der Waals surface area contributed by atoms with Crippen LogP contribution in [-0.4, -0.2) is 57.1 Å². The Labute approximate surface area is 254 Å². The molecule has 0 aromatic heterocycles. The summed E-state index contributed by atoms with van der Waals surface area (Å²) in [6, 6.07) is 20.0. The topological polar surface area (TPSA) is 96.0 Å². The lowest BCUT2D eigenvalue weighted by Crippen LogP contribution is -2.53. The van der Waals surface area contributed by atoms with Crippen LogP contribution in [0.5, 0.6) is 5.75 Å². The van der Waals surface area contributed by atoms with Gasteiger partial charge in [0.2, 0.25) is 11.8 Å². The van der Waals surface area contributed by atoms with Crippen molar-refractivity contribution in [3.05, 3.63) is 83.9 Å². The molecule has 0 bridgehead atoms. The Kier molecular flexibility index (Phi) is 11.9. The van der Waals surface area contributed by atoms with Crippen LogP contribution in [0.1, 0.15) is 44.7 Å². The van der Waals surface area contributed by atoms with Crippen LogP contribution in [0.4, 0.5) is 5.69 Å². The summed E-state index contributed by atoms with van der Waals surface area (Å²) in [5.41, 5.74) is 2.11. The number of nitrogens with one attached hydrogen (secondary N) is 1. The van der Waals surface area contributed by atoms with Crippen molar-refractivity contribution in [3.8, 4) is 5.75 Å². The van der Waals surface area contributed by atoms with E-state index >= 15 is 0 Å². The summed E-state index contributed by atoms with van der Waals surface area (Å²) in [5.74, 6) is -0.0877. The highest BCUT2D eigenvalue weighted by molar-refractivity contribution is 7.98. The molecule has 0 heterocycles. The number of methoxy groups -OCH3 is 1. The molecule has 0 saturated heterocycles. The molecule has 2 atom stereocenters. The number of anilines is 1. The maximum Gasteiger partial charge on any atom is 0.264 e. The van der Waals surface area contributed by atoms with Gasteiger partial charge >= 0.3 is 0 Å². The van der Waals surface area contributed by atoms with Crippen LogP contribution in [0.2, 0.25) is 0 Å². The largest absolute Gasteiger partial charge is 0.497 e. The van der Waals surface area contributed by atoms with E-state index < -0.39 is 28.5 Å². The first-order valence-corrected chi connectivity index (χ1v) is 16.7. The molecule has 226 valence electrons. The van der Waals surface area contributed by atoms with Gasteiger partial charge in [-0.1, -0.05) is 43.7 Å². The molecule has 42 heavy (non-hydrogen) atoms. The fraction of sp³-hybridized carbons (Fsp3) is 0.375. The minimum Gasteiger partial charge on any atom is -0.497 e. The molecule has 0 aliphatic rings. The van der Waals surface area contributed by atoms with Crippen molar-refractivity contribution in [1.82, 2.24) is 10.2 Å². The SMILES string of the molecule is CCC(C)NC(=O)C(CC)N(Cc1ccc(OC)cc1)C(=O)CN(c1ccc(C)cc1)S(=O)(=O)c1ccc(SC)cc1. The quantitative estimate of drug-likeness (QED) is 0.237. The van der Waals surface area contributed by atoms with E-state index in [1.165, 1.54) is 16.7 Å². The zero-order chi connectivity index (χ0) is 30.9. The van der Waals surface area contributed by atoms with E-state index in [0.717, 1.165) is 26.7 Å². The first-order valence-electron chi connectivity index (χ1n) is 14.0. The number of nitrogens with zero attached hydrogens (tertiary/aromatic N) is 2. The molecule has 3 rings (SSSR count). The van der Waals surface area contributed by atoms with E-state index in [-0.39, 0.29) is 23.4 Å². The molecule has 0 spiro atoms. The summed E-state index contributed by atoms with van der Waals surface area (Å²) in [5, 5.41) is 2.99. The number of rotatable bonds is 14. The number of amides is 2. The first kappa shape index (κ1) is 33.0. The zero-order valence-electron chi connectivity index (χ0n) is 25.2. The summed E-state index contributed by atoms with van der Waals surface area (Å²) < 4.78 is 34.4. The number of thioether (sulfide) groups is 1. The highest BCUT2D eigenvalue weighted by atomic mass is 32.2. The van der Waals surface area contributed by atoms with Gasteiger partial charge < -0.3 is 15.0 Å². The fourth-order valence-corrected chi connectivity index (χ4v) is 6.23. The van der Waals surface area contributed by atoms with Crippen molar-refractivity contribution in [2.45, 2.75) is 69.0 Å². The predicted molar refractivity (Wildman–Crippen MR) is 169 cm³/mol. The summed E-state index contributed by atoms with van der Waals surface area (Å²) in [6.45, 7) is 7.29. The van der Waals surface area contributed by atoms with Gasteiger partial charge in [0.1, 0.15) is 18.3 Å². The van der Waals surface area contributed by atoms with Crippen molar-refractivity contribution in [2.24, 2.45) is 0 Å². The third-order valence-electron chi connectivity index (χ3n) is 7.15. The number of carbonyl (C=O) groups is 2. The first-order chi connectivity index (χ1) is 20.0. The molecular formula is C32H41N3O5S2. The monoisotopic (exact) mass is 611 g/mol. The number of carbonyl (C=O) groups excluding carboxylic acids is 2. The van der Waals surface area contributed by atoms with Crippen LogP contribution in [0.15, 0.2) is 82.6 Å².